The van der Waals surface area contributed by atoms with Crippen molar-refractivity contribution >= 4 is 16.8 Å². The normalized spacial score (nSPS) is 19.4. The number of hydrogen-bond acceptors (Lipinski definition) is 4. The molecule has 2 aromatic rings. The van der Waals surface area contributed by atoms with Gasteiger partial charge < -0.3 is 4.90 Å². The van der Waals surface area contributed by atoms with Crippen molar-refractivity contribution in [1.82, 2.24) is 19.4 Å². The van der Waals surface area contributed by atoms with Gasteiger partial charge in [0.05, 0.1) is 16.9 Å². The molecule has 1 aliphatic heterocycles. The van der Waals surface area contributed by atoms with Crippen molar-refractivity contribution in [3.63, 3.8) is 0 Å². The van der Waals surface area contributed by atoms with Gasteiger partial charge in [0.15, 0.2) is 0 Å². The highest BCUT2D eigenvalue weighted by Crippen LogP contribution is 2.26. The first-order valence-electron chi connectivity index (χ1n) is 10.0. The SMILES string of the molecule is CCC(=O)N1CCN(C(CC)c2nc3ccccc3c(=O)n2CC)CC1C. The van der Waals surface area contributed by atoms with Crippen LogP contribution in [0.25, 0.3) is 10.9 Å². The molecule has 0 spiro atoms. The number of carbonyl (C=O) groups excluding carboxylic acids is 1. The quantitative estimate of drug-likeness (QED) is 0.812. The Labute approximate surface area is 160 Å². The fourth-order valence-electron chi connectivity index (χ4n) is 4.19. The molecule has 1 saturated heterocycles. The van der Waals surface area contributed by atoms with Crippen LogP contribution in [0, 0.1) is 0 Å². The Balaban J connectivity index is 1.97. The number of carbonyl (C=O) groups is 1. The summed E-state index contributed by atoms with van der Waals surface area (Å²) in [6.45, 7) is 11.1. The minimum Gasteiger partial charge on any atom is -0.337 e. The second kappa shape index (κ2) is 8.21. The Morgan fingerprint density at radius 2 is 1.96 bits per heavy atom. The van der Waals surface area contributed by atoms with Crippen LogP contribution < -0.4 is 5.56 Å². The van der Waals surface area contributed by atoms with Gasteiger partial charge in [-0.05, 0) is 32.4 Å². The average molecular weight is 370 g/mol. The third kappa shape index (κ3) is 3.63. The first-order chi connectivity index (χ1) is 13.0. The Kier molecular flexibility index (Phi) is 5.95. The zero-order valence-corrected chi connectivity index (χ0v) is 16.8. The topological polar surface area (TPSA) is 58.4 Å². The molecule has 0 saturated carbocycles. The summed E-state index contributed by atoms with van der Waals surface area (Å²) in [5.41, 5.74) is 0.790. The summed E-state index contributed by atoms with van der Waals surface area (Å²) >= 11 is 0. The molecule has 1 aromatic heterocycles. The lowest BCUT2D eigenvalue weighted by Crippen LogP contribution is -2.55. The number of para-hydroxylation sites is 1. The predicted molar refractivity (Wildman–Crippen MR) is 108 cm³/mol. The van der Waals surface area contributed by atoms with E-state index in [1.165, 1.54) is 0 Å². The molecule has 1 fully saturated rings. The van der Waals surface area contributed by atoms with Gasteiger partial charge in [-0.2, -0.15) is 0 Å². The fraction of sp³-hybridized carbons (Fsp3) is 0.571. The summed E-state index contributed by atoms with van der Waals surface area (Å²) in [7, 11) is 0. The highest BCUT2D eigenvalue weighted by molar-refractivity contribution is 5.77. The second-order valence-corrected chi connectivity index (χ2v) is 7.25. The van der Waals surface area contributed by atoms with E-state index in [1.807, 2.05) is 47.6 Å². The van der Waals surface area contributed by atoms with Crippen LogP contribution in [0.1, 0.15) is 52.4 Å². The van der Waals surface area contributed by atoms with Crippen molar-refractivity contribution in [2.45, 2.75) is 59.2 Å². The molecule has 2 unspecified atom stereocenters. The van der Waals surface area contributed by atoms with E-state index in [4.69, 9.17) is 4.98 Å². The minimum absolute atomic E-state index is 0.0318. The van der Waals surface area contributed by atoms with E-state index in [9.17, 15) is 9.59 Å². The van der Waals surface area contributed by atoms with Crippen LogP contribution in [0.3, 0.4) is 0 Å². The number of rotatable bonds is 5. The van der Waals surface area contributed by atoms with Gasteiger partial charge in [-0.25, -0.2) is 4.98 Å². The van der Waals surface area contributed by atoms with E-state index in [2.05, 4.69) is 18.7 Å². The van der Waals surface area contributed by atoms with Crippen molar-refractivity contribution in [2.75, 3.05) is 19.6 Å². The van der Waals surface area contributed by atoms with E-state index >= 15 is 0 Å². The lowest BCUT2D eigenvalue weighted by molar-refractivity contribution is -0.135. The molecule has 3 rings (SSSR count). The smallest absolute Gasteiger partial charge is 0.261 e. The molecular formula is C21H30N4O2. The maximum atomic E-state index is 13.0. The molecule has 0 aliphatic carbocycles. The van der Waals surface area contributed by atoms with Crippen molar-refractivity contribution in [2.24, 2.45) is 0 Å². The second-order valence-electron chi connectivity index (χ2n) is 7.25. The van der Waals surface area contributed by atoms with Crippen LogP contribution in [0.2, 0.25) is 0 Å². The molecule has 0 radical (unpaired) electrons. The maximum absolute atomic E-state index is 13.0. The van der Waals surface area contributed by atoms with Crippen LogP contribution in [-0.2, 0) is 11.3 Å². The zero-order chi connectivity index (χ0) is 19.6. The average Bonchev–Trinajstić information content (AvgIpc) is 2.68. The number of aromatic nitrogens is 2. The van der Waals surface area contributed by atoms with Gasteiger partial charge >= 0.3 is 0 Å². The van der Waals surface area contributed by atoms with Gasteiger partial charge in [0.25, 0.3) is 5.56 Å². The van der Waals surface area contributed by atoms with E-state index in [0.29, 0.717) is 18.4 Å². The maximum Gasteiger partial charge on any atom is 0.261 e. The van der Waals surface area contributed by atoms with Crippen LogP contribution in [0.15, 0.2) is 29.1 Å². The lowest BCUT2D eigenvalue weighted by Gasteiger charge is -2.43. The number of fused-ring (bicyclic) bond motifs is 1. The van der Waals surface area contributed by atoms with E-state index in [0.717, 1.165) is 37.4 Å². The summed E-state index contributed by atoms with van der Waals surface area (Å²) in [4.78, 5) is 34.4. The van der Waals surface area contributed by atoms with E-state index in [1.54, 1.807) is 0 Å². The lowest BCUT2D eigenvalue weighted by atomic mass is 10.1. The zero-order valence-electron chi connectivity index (χ0n) is 16.8. The summed E-state index contributed by atoms with van der Waals surface area (Å²) in [6.07, 6.45) is 1.42. The van der Waals surface area contributed by atoms with Crippen LogP contribution in [0.5, 0.6) is 0 Å². The number of hydrogen-bond donors (Lipinski definition) is 0. The molecule has 1 aliphatic rings. The molecule has 1 amide bonds. The Morgan fingerprint density at radius 1 is 1.22 bits per heavy atom. The van der Waals surface area contributed by atoms with Gasteiger partial charge in [0.2, 0.25) is 5.91 Å². The molecule has 6 heteroatoms. The minimum atomic E-state index is 0.0318. The van der Waals surface area contributed by atoms with E-state index < -0.39 is 0 Å². The molecule has 0 N–H and O–H groups in total. The molecule has 2 atom stereocenters. The first-order valence-corrected chi connectivity index (χ1v) is 10.0. The number of benzene rings is 1. The molecule has 6 nitrogen and oxygen atoms in total. The van der Waals surface area contributed by atoms with Gasteiger partial charge in [-0.15, -0.1) is 0 Å². The Hall–Kier alpha value is -2.21. The monoisotopic (exact) mass is 370 g/mol. The van der Waals surface area contributed by atoms with E-state index in [-0.39, 0.29) is 23.6 Å². The standard InChI is InChI=1S/C21H30N4O2/c1-5-18(23-12-13-25(15(4)14-23)19(26)6-2)20-22-17-11-9-8-10-16(17)21(27)24(20)7-3/h8-11,15,18H,5-7,12-14H2,1-4H3. The fourth-order valence-corrected chi connectivity index (χ4v) is 4.19. The van der Waals surface area contributed by atoms with Crippen molar-refractivity contribution < 1.29 is 4.79 Å². The molecular weight excluding hydrogens is 340 g/mol. The highest BCUT2D eigenvalue weighted by Gasteiger charge is 2.32. The first kappa shape index (κ1) is 19.5. The van der Waals surface area contributed by atoms with Crippen LogP contribution in [0.4, 0.5) is 0 Å². The molecule has 27 heavy (non-hydrogen) atoms. The molecule has 0 bridgehead atoms. The Morgan fingerprint density at radius 3 is 2.59 bits per heavy atom. The van der Waals surface area contributed by atoms with Gasteiger partial charge in [-0.3, -0.25) is 19.1 Å². The summed E-state index contributed by atoms with van der Waals surface area (Å²) in [5, 5.41) is 0.671. The third-order valence-corrected chi connectivity index (χ3v) is 5.61. The van der Waals surface area contributed by atoms with Crippen molar-refractivity contribution in [1.29, 1.82) is 0 Å². The molecule has 146 valence electrons. The van der Waals surface area contributed by atoms with Crippen molar-refractivity contribution in [3.05, 3.63) is 40.4 Å². The van der Waals surface area contributed by atoms with Crippen LogP contribution in [-0.4, -0.2) is 50.9 Å². The van der Waals surface area contributed by atoms with Gasteiger partial charge in [0.1, 0.15) is 5.82 Å². The number of nitrogens with zero attached hydrogens (tertiary/aromatic N) is 4. The van der Waals surface area contributed by atoms with Gasteiger partial charge in [-0.1, -0.05) is 26.0 Å². The van der Waals surface area contributed by atoms with Gasteiger partial charge in [0, 0.05) is 38.6 Å². The largest absolute Gasteiger partial charge is 0.337 e. The van der Waals surface area contributed by atoms with Crippen molar-refractivity contribution in [3.8, 4) is 0 Å². The predicted octanol–water partition coefficient (Wildman–Crippen LogP) is 2.81. The number of amides is 1. The summed E-state index contributed by atoms with van der Waals surface area (Å²) in [6, 6.07) is 7.80. The molecule has 1 aromatic carbocycles. The molecule has 2 heterocycles. The summed E-state index contributed by atoms with van der Waals surface area (Å²) < 4.78 is 1.81. The summed E-state index contributed by atoms with van der Waals surface area (Å²) in [5.74, 6) is 1.05. The Bertz CT molecular complexity index is 876. The number of piperazine rings is 1. The third-order valence-electron chi connectivity index (χ3n) is 5.61. The van der Waals surface area contributed by atoms with Crippen LogP contribution >= 0.6 is 0 Å². The highest BCUT2D eigenvalue weighted by atomic mass is 16.2.